The summed E-state index contributed by atoms with van der Waals surface area (Å²) in [6.07, 6.45) is 1.35. The van der Waals surface area contributed by atoms with Gasteiger partial charge in [-0.2, -0.15) is 0 Å². The van der Waals surface area contributed by atoms with Crippen LogP contribution in [0.25, 0.3) is 0 Å². The third kappa shape index (κ3) is 3.36. The van der Waals surface area contributed by atoms with Crippen LogP contribution >= 0.6 is 0 Å². The summed E-state index contributed by atoms with van der Waals surface area (Å²) >= 11 is 0. The van der Waals surface area contributed by atoms with E-state index < -0.39 is 4.92 Å². The number of rotatable bonds is 3. The Morgan fingerprint density at radius 1 is 1.29 bits per heavy atom. The van der Waals surface area contributed by atoms with Gasteiger partial charge in [0.05, 0.1) is 4.92 Å². The zero-order valence-electron chi connectivity index (χ0n) is 11.8. The van der Waals surface area contributed by atoms with E-state index in [0.29, 0.717) is 38.2 Å². The molecule has 0 saturated carbocycles. The van der Waals surface area contributed by atoms with E-state index in [1.165, 1.54) is 13.0 Å². The number of nitro groups is 1. The predicted octanol–water partition coefficient (Wildman–Crippen LogP) is 1.47. The van der Waals surface area contributed by atoms with E-state index in [9.17, 15) is 19.7 Å². The van der Waals surface area contributed by atoms with Gasteiger partial charge in [-0.05, 0) is 18.6 Å². The first kappa shape index (κ1) is 15.0. The molecule has 2 rings (SSSR count). The zero-order chi connectivity index (χ0) is 15.4. The molecule has 0 spiro atoms. The van der Waals surface area contributed by atoms with Crippen LogP contribution in [-0.2, 0) is 4.79 Å². The second-order valence-electron chi connectivity index (χ2n) is 4.97. The third-order valence-electron chi connectivity index (χ3n) is 3.61. The molecular formula is C14H17N3O4. The van der Waals surface area contributed by atoms with Crippen LogP contribution in [0, 0.1) is 10.1 Å². The van der Waals surface area contributed by atoms with Gasteiger partial charge in [0.1, 0.15) is 12.0 Å². The van der Waals surface area contributed by atoms with Crippen molar-refractivity contribution in [1.29, 1.82) is 0 Å². The molecule has 0 N–H and O–H groups in total. The first-order valence-corrected chi connectivity index (χ1v) is 6.77. The Kier molecular flexibility index (Phi) is 4.52. The molecule has 0 aliphatic carbocycles. The smallest absolute Gasteiger partial charge is 0.293 e. The number of carbonyl (C=O) groups excluding carboxylic acids is 2. The minimum Gasteiger partial charge on any atom is -0.364 e. The molecule has 112 valence electrons. The van der Waals surface area contributed by atoms with Crippen LogP contribution in [0.3, 0.4) is 0 Å². The van der Waals surface area contributed by atoms with Crippen LogP contribution in [0.4, 0.5) is 11.4 Å². The SMILES string of the molecule is CC(=O)N1CCCN(c2ccc(C=O)cc2[N+](=O)[O-])CC1. The highest BCUT2D eigenvalue weighted by molar-refractivity contribution is 5.79. The van der Waals surface area contributed by atoms with Crippen molar-refractivity contribution in [2.75, 3.05) is 31.1 Å². The number of benzene rings is 1. The van der Waals surface area contributed by atoms with Crippen LogP contribution in [0.5, 0.6) is 0 Å². The molecule has 0 radical (unpaired) electrons. The average molecular weight is 291 g/mol. The molecule has 0 aromatic heterocycles. The fourth-order valence-electron chi connectivity index (χ4n) is 2.50. The van der Waals surface area contributed by atoms with Crippen molar-refractivity contribution < 1.29 is 14.5 Å². The summed E-state index contributed by atoms with van der Waals surface area (Å²) in [4.78, 5) is 36.5. The summed E-state index contributed by atoms with van der Waals surface area (Å²) in [7, 11) is 0. The van der Waals surface area contributed by atoms with Gasteiger partial charge in [-0.3, -0.25) is 19.7 Å². The second kappa shape index (κ2) is 6.34. The van der Waals surface area contributed by atoms with Gasteiger partial charge in [0.15, 0.2) is 0 Å². The highest BCUT2D eigenvalue weighted by atomic mass is 16.6. The fraction of sp³-hybridized carbons (Fsp3) is 0.429. The van der Waals surface area contributed by atoms with Crippen LogP contribution in [0.1, 0.15) is 23.7 Å². The van der Waals surface area contributed by atoms with E-state index >= 15 is 0 Å². The van der Waals surface area contributed by atoms with E-state index in [0.717, 1.165) is 6.42 Å². The molecule has 7 heteroatoms. The van der Waals surface area contributed by atoms with Gasteiger partial charge in [-0.1, -0.05) is 0 Å². The maximum absolute atomic E-state index is 11.4. The van der Waals surface area contributed by atoms with Gasteiger partial charge in [-0.25, -0.2) is 0 Å². The molecule has 0 atom stereocenters. The number of aldehydes is 1. The lowest BCUT2D eigenvalue weighted by atomic mass is 10.1. The molecule has 1 saturated heterocycles. The topological polar surface area (TPSA) is 83.8 Å². The molecule has 1 aliphatic rings. The lowest BCUT2D eigenvalue weighted by molar-refractivity contribution is -0.384. The molecule has 1 heterocycles. The lowest BCUT2D eigenvalue weighted by Gasteiger charge is -2.23. The quantitative estimate of drug-likeness (QED) is 0.478. The highest BCUT2D eigenvalue weighted by Crippen LogP contribution is 2.29. The van der Waals surface area contributed by atoms with Crippen molar-refractivity contribution in [3.63, 3.8) is 0 Å². The molecule has 1 aromatic carbocycles. The van der Waals surface area contributed by atoms with Crippen molar-refractivity contribution in [1.82, 2.24) is 4.90 Å². The monoisotopic (exact) mass is 291 g/mol. The maximum atomic E-state index is 11.4. The van der Waals surface area contributed by atoms with Gasteiger partial charge in [-0.15, -0.1) is 0 Å². The number of nitro benzene ring substituents is 1. The second-order valence-corrected chi connectivity index (χ2v) is 4.97. The molecule has 1 aliphatic heterocycles. The molecular weight excluding hydrogens is 274 g/mol. The van der Waals surface area contributed by atoms with Crippen molar-refractivity contribution in [2.45, 2.75) is 13.3 Å². The molecule has 1 aromatic rings. The summed E-state index contributed by atoms with van der Waals surface area (Å²) in [5.74, 6) is 0.0163. The number of anilines is 1. The van der Waals surface area contributed by atoms with Crippen molar-refractivity contribution in [2.24, 2.45) is 0 Å². The number of hydrogen-bond donors (Lipinski definition) is 0. The molecule has 21 heavy (non-hydrogen) atoms. The Morgan fingerprint density at radius 2 is 2.05 bits per heavy atom. The normalized spacial score (nSPS) is 15.5. The summed E-state index contributed by atoms with van der Waals surface area (Å²) in [5, 5.41) is 11.2. The third-order valence-corrected chi connectivity index (χ3v) is 3.61. The van der Waals surface area contributed by atoms with Crippen molar-refractivity contribution in [3.8, 4) is 0 Å². The number of hydrogen-bond acceptors (Lipinski definition) is 5. The lowest BCUT2D eigenvalue weighted by Crippen LogP contribution is -2.33. The first-order chi connectivity index (χ1) is 10.0. The first-order valence-electron chi connectivity index (χ1n) is 6.77. The Morgan fingerprint density at radius 3 is 2.67 bits per heavy atom. The van der Waals surface area contributed by atoms with E-state index in [-0.39, 0.29) is 17.2 Å². The van der Waals surface area contributed by atoms with E-state index in [1.807, 2.05) is 4.90 Å². The van der Waals surface area contributed by atoms with Crippen LogP contribution in [0.15, 0.2) is 18.2 Å². The molecule has 0 bridgehead atoms. The Labute approximate surface area is 122 Å². The Balaban J connectivity index is 2.27. The highest BCUT2D eigenvalue weighted by Gasteiger charge is 2.23. The molecule has 0 unspecified atom stereocenters. The molecule has 1 fully saturated rings. The van der Waals surface area contributed by atoms with Crippen LogP contribution in [0.2, 0.25) is 0 Å². The average Bonchev–Trinajstić information content (AvgIpc) is 2.72. The van der Waals surface area contributed by atoms with E-state index in [2.05, 4.69) is 0 Å². The van der Waals surface area contributed by atoms with E-state index in [1.54, 1.807) is 17.0 Å². The Hall–Kier alpha value is -2.44. The van der Waals surface area contributed by atoms with Crippen LogP contribution in [-0.4, -0.2) is 48.2 Å². The summed E-state index contributed by atoms with van der Waals surface area (Å²) in [6, 6.07) is 4.46. The predicted molar refractivity (Wildman–Crippen MR) is 77.6 cm³/mol. The number of nitrogens with zero attached hydrogens (tertiary/aromatic N) is 3. The number of carbonyl (C=O) groups is 2. The van der Waals surface area contributed by atoms with Crippen molar-refractivity contribution in [3.05, 3.63) is 33.9 Å². The van der Waals surface area contributed by atoms with Gasteiger partial charge in [0.25, 0.3) is 5.69 Å². The van der Waals surface area contributed by atoms with Crippen LogP contribution < -0.4 is 4.90 Å². The summed E-state index contributed by atoms with van der Waals surface area (Å²) in [6.45, 7) is 3.91. The summed E-state index contributed by atoms with van der Waals surface area (Å²) in [5.41, 5.74) is 0.706. The molecule has 7 nitrogen and oxygen atoms in total. The molecule has 1 amide bonds. The van der Waals surface area contributed by atoms with Gasteiger partial charge in [0.2, 0.25) is 5.91 Å². The standard InChI is InChI=1S/C14H17N3O4/c1-11(19)15-5-2-6-16(8-7-15)13-4-3-12(10-18)9-14(13)17(20)21/h3-4,9-10H,2,5-8H2,1H3. The maximum Gasteiger partial charge on any atom is 0.293 e. The zero-order valence-corrected chi connectivity index (χ0v) is 11.8. The largest absolute Gasteiger partial charge is 0.364 e. The van der Waals surface area contributed by atoms with Gasteiger partial charge in [0, 0.05) is 44.7 Å². The van der Waals surface area contributed by atoms with Crippen molar-refractivity contribution >= 4 is 23.6 Å². The van der Waals surface area contributed by atoms with Gasteiger partial charge >= 0.3 is 0 Å². The minimum atomic E-state index is -0.476. The fourth-order valence-corrected chi connectivity index (χ4v) is 2.50. The summed E-state index contributed by atoms with van der Waals surface area (Å²) < 4.78 is 0. The Bertz CT molecular complexity index is 573. The van der Waals surface area contributed by atoms with Gasteiger partial charge < -0.3 is 9.80 Å². The minimum absolute atomic E-state index is 0.0163. The number of amides is 1. The van der Waals surface area contributed by atoms with E-state index in [4.69, 9.17) is 0 Å².